The summed E-state index contributed by atoms with van der Waals surface area (Å²) in [5, 5.41) is 14.7. The quantitative estimate of drug-likeness (QED) is 0.750. The zero-order valence-corrected chi connectivity index (χ0v) is 12.9. The van der Waals surface area contributed by atoms with E-state index in [9.17, 15) is 9.18 Å². The molecule has 3 aromatic rings. The Morgan fingerprint density at radius 3 is 2.58 bits per heavy atom. The number of nitrogens with one attached hydrogen (secondary N) is 1. The van der Waals surface area contributed by atoms with Crippen molar-refractivity contribution >= 4 is 5.91 Å². The van der Waals surface area contributed by atoms with Gasteiger partial charge in [0.1, 0.15) is 12.4 Å². The number of hydrogen-bond acceptors (Lipinski definition) is 4. The van der Waals surface area contributed by atoms with Crippen LogP contribution in [0.25, 0.3) is 11.4 Å². The standard InChI is InChI=1S/C17H16FN5O/c18-15-8-6-14(7-9-15)17-20-22-23(21-17)12-16(24)19-11-10-13-4-2-1-3-5-13/h1-9H,10-12H2,(H,19,24). The van der Waals surface area contributed by atoms with Crippen LogP contribution in [-0.2, 0) is 17.8 Å². The highest BCUT2D eigenvalue weighted by molar-refractivity contribution is 5.75. The van der Waals surface area contributed by atoms with Gasteiger partial charge in [0.2, 0.25) is 11.7 Å². The lowest BCUT2D eigenvalue weighted by molar-refractivity contribution is -0.122. The van der Waals surface area contributed by atoms with E-state index in [1.54, 1.807) is 12.1 Å². The summed E-state index contributed by atoms with van der Waals surface area (Å²) < 4.78 is 12.9. The number of carbonyl (C=O) groups excluding carboxylic acids is 1. The van der Waals surface area contributed by atoms with Crippen molar-refractivity contribution in [3.63, 3.8) is 0 Å². The second-order valence-electron chi connectivity index (χ2n) is 5.24. The summed E-state index contributed by atoms with van der Waals surface area (Å²) in [7, 11) is 0. The number of halogens is 1. The minimum Gasteiger partial charge on any atom is -0.354 e. The SMILES string of the molecule is O=C(Cn1nnc(-c2ccc(F)cc2)n1)NCCc1ccccc1. The first-order chi connectivity index (χ1) is 11.7. The van der Waals surface area contributed by atoms with Gasteiger partial charge in [0, 0.05) is 12.1 Å². The molecule has 2 aromatic carbocycles. The molecule has 6 nitrogen and oxygen atoms in total. The van der Waals surface area contributed by atoms with Crippen molar-refractivity contribution in [2.24, 2.45) is 0 Å². The van der Waals surface area contributed by atoms with Crippen LogP contribution in [0.15, 0.2) is 54.6 Å². The molecular weight excluding hydrogens is 309 g/mol. The third-order valence-corrected chi connectivity index (χ3v) is 3.42. The number of aromatic nitrogens is 4. The van der Waals surface area contributed by atoms with E-state index in [-0.39, 0.29) is 18.3 Å². The normalized spacial score (nSPS) is 10.5. The van der Waals surface area contributed by atoms with E-state index in [4.69, 9.17) is 0 Å². The Bertz CT molecular complexity index is 801. The van der Waals surface area contributed by atoms with E-state index in [0.717, 1.165) is 12.0 Å². The number of amides is 1. The average Bonchev–Trinajstić information content (AvgIpc) is 3.05. The first kappa shape index (κ1) is 15.8. The van der Waals surface area contributed by atoms with Crippen molar-refractivity contribution in [3.8, 4) is 11.4 Å². The third kappa shape index (κ3) is 4.22. The Labute approximate surface area is 138 Å². The van der Waals surface area contributed by atoms with E-state index in [2.05, 4.69) is 20.7 Å². The van der Waals surface area contributed by atoms with Crippen LogP contribution in [0.3, 0.4) is 0 Å². The summed E-state index contributed by atoms with van der Waals surface area (Å²) >= 11 is 0. The molecule has 0 atom stereocenters. The molecule has 1 heterocycles. The zero-order chi connectivity index (χ0) is 16.8. The van der Waals surface area contributed by atoms with Crippen molar-refractivity contribution in [1.82, 2.24) is 25.5 Å². The minimum absolute atomic E-state index is 0.0109. The van der Waals surface area contributed by atoms with Gasteiger partial charge >= 0.3 is 0 Å². The van der Waals surface area contributed by atoms with Gasteiger partial charge in [-0.1, -0.05) is 30.3 Å². The van der Waals surface area contributed by atoms with Crippen LogP contribution >= 0.6 is 0 Å². The fraction of sp³-hybridized carbons (Fsp3) is 0.176. The summed E-state index contributed by atoms with van der Waals surface area (Å²) in [5.74, 6) is -0.162. The molecule has 0 aliphatic heterocycles. The maximum absolute atomic E-state index is 12.9. The van der Waals surface area contributed by atoms with Gasteiger partial charge in [-0.05, 0) is 41.5 Å². The lowest BCUT2D eigenvalue weighted by Crippen LogP contribution is -2.30. The molecule has 0 saturated heterocycles. The highest BCUT2D eigenvalue weighted by atomic mass is 19.1. The maximum Gasteiger partial charge on any atom is 0.243 e. The number of benzene rings is 2. The second kappa shape index (κ2) is 7.45. The van der Waals surface area contributed by atoms with Crippen LogP contribution in [0, 0.1) is 5.82 Å². The summed E-state index contributed by atoms with van der Waals surface area (Å²) in [4.78, 5) is 13.1. The molecule has 122 valence electrons. The van der Waals surface area contributed by atoms with Crippen molar-refractivity contribution in [2.75, 3.05) is 6.54 Å². The Balaban J connectivity index is 1.51. The highest BCUT2D eigenvalue weighted by Crippen LogP contribution is 2.13. The van der Waals surface area contributed by atoms with Crippen LogP contribution in [-0.4, -0.2) is 32.7 Å². The summed E-state index contributed by atoms with van der Waals surface area (Å²) in [6.07, 6.45) is 0.762. The molecule has 1 N–H and O–H groups in total. The number of rotatable bonds is 6. The van der Waals surface area contributed by atoms with Gasteiger partial charge in [0.25, 0.3) is 0 Å². The fourth-order valence-electron chi connectivity index (χ4n) is 2.20. The largest absolute Gasteiger partial charge is 0.354 e. The van der Waals surface area contributed by atoms with Crippen molar-refractivity contribution in [3.05, 3.63) is 66.0 Å². The lowest BCUT2D eigenvalue weighted by Gasteiger charge is -2.04. The fourth-order valence-corrected chi connectivity index (χ4v) is 2.20. The summed E-state index contributed by atoms with van der Waals surface area (Å²) in [6, 6.07) is 15.7. The molecule has 0 fully saturated rings. The Hall–Kier alpha value is -3.09. The van der Waals surface area contributed by atoms with Gasteiger partial charge in [0.05, 0.1) is 0 Å². The van der Waals surface area contributed by atoms with E-state index in [0.29, 0.717) is 17.9 Å². The van der Waals surface area contributed by atoms with Crippen LogP contribution in [0.1, 0.15) is 5.56 Å². The van der Waals surface area contributed by atoms with Gasteiger partial charge in [-0.15, -0.1) is 10.2 Å². The smallest absolute Gasteiger partial charge is 0.243 e. The Morgan fingerprint density at radius 1 is 1.08 bits per heavy atom. The second-order valence-corrected chi connectivity index (χ2v) is 5.24. The topological polar surface area (TPSA) is 72.7 Å². The van der Waals surface area contributed by atoms with Crippen LogP contribution in [0.5, 0.6) is 0 Å². The molecule has 3 rings (SSSR count). The minimum atomic E-state index is -0.330. The molecule has 0 bridgehead atoms. The Kier molecular flexibility index (Phi) is 4.90. The molecule has 1 amide bonds. The van der Waals surface area contributed by atoms with E-state index in [1.807, 2.05) is 30.3 Å². The van der Waals surface area contributed by atoms with Gasteiger partial charge in [-0.3, -0.25) is 4.79 Å². The van der Waals surface area contributed by atoms with E-state index >= 15 is 0 Å². The molecule has 0 saturated carbocycles. The average molecular weight is 325 g/mol. The van der Waals surface area contributed by atoms with Crippen molar-refractivity contribution in [1.29, 1.82) is 0 Å². The first-order valence-corrected chi connectivity index (χ1v) is 7.55. The Morgan fingerprint density at radius 2 is 1.83 bits per heavy atom. The van der Waals surface area contributed by atoms with Crippen LogP contribution in [0.2, 0.25) is 0 Å². The van der Waals surface area contributed by atoms with Crippen LogP contribution < -0.4 is 5.32 Å². The molecule has 7 heteroatoms. The predicted octanol–water partition coefficient (Wildman–Crippen LogP) is 1.84. The van der Waals surface area contributed by atoms with E-state index in [1.165, 1.54) is 16.9 Å². The summed E-state index contributed by atoms with van der Waals surface area (Å²) in [5.41, 5.74) is 1.81. The monoisotopic (exact) mass is 325 g/mol. The third-order valence-electron chi connectivity index (χ3n) is 3.42. The maximum atomic E-state index is 12.9. The molecule has 0 aliphatic carbocycles. The van der Waals surface area contributed by atoms with Crippen LogP contribution in [0.4, 0.5) is 4.39 Å². The number of tetrazole rings is 1. The van der Waals surface area contributed by atoms with Gasteiger partial charge in [0.15, 0.2) is 0 Å². The van der Waals surface area contributed by atoms with Gasteiger partial charge in [-0.25, -0.2) is 4.39 Å². The predicted molar refractivity (Wildman–Crippen MR) is 86.4 cm³/mol. The number of carbonyl (C=O) groups is 1. The summed E-state index contributed by atoms with van der Waals surface area (Å²) in [6.45, 7) is 0.533. The van der Waals surface area contributed by atoms with Crippen molar-refractivity contribution in [2.45, 2.75) is 13.0 Å². The lowest BCUT2D eigenvalue weighted by atomic mass is 10.1. The van der Waals surface area contributed by atoms with Gasteiger partial charge < -0.3 is 5.32 Å². The first-order valence-electron chi connectivity index (χ1n) is 7.55. The van der Waals surface area contributed by atoms with Crippen molar-refractivity contribution < 1.29 is 9.18 Å². The number of hydrogen-bond donors (Lipinski definition) is 1. The number of nitrogens with zero attached hydrogens (tertiary/aromatic N) is 4. The molecular formula is C17H16FN5O. The molecule has 0 spiro atoms. The molecule has 0 unspecified atom stereocenters. The molecule has 0 aliphatic rings. The molecule has 0 radical (unpaired) electrons. The van der Waals surface area contributed by atoms with Gasteiger partial charge in [-0.2, -0.15) is 4.80 Å². The van der Waals surface area contributed by atoms with E-state index < -0.39 is 0 Å². The molecule has 1 aromatic heterocycles. The highest BCUT2D eigenvalue weighted by Gasteiger charge is 2.09. The molecule has 24 heavy (non-hydrogen) atoms. The zero-order valence-electron chi connectivity index (χ0n) is 12.9.